The second-order valence-electron chi connectivity index (χ2n) is 7.46. The third kappa shape index (κ3) is 3.53. The molecule has 1 aromatic heterocycles. The van der Waals surface area contributed by atoms with E-state index >= 15 is 0 Å². The van der Waals surface area contributed by atoms with E-state index in [1.54, 1.807) is 6.20 Å². The van der Waals surface area contributed by atoms with E-state index in [9.17, 15) is 4.79 Å². The molecule has 1 aromatic carbocycles. The Kier molecular flexibility index (Phi) is 4.48. The molecular weight excluding hydrogens is 298 g/mol. The Balaban J connectivity index is 1.69. The molecule has 0 saturated heterocycles. The summed E-state index contributed by atoms with van der Waals surface area (Å²) in [5.41, 5.74) is 2.51. The van der Waals surface area contributed by atoms with Gasteiger partial charge in [-0.05, 0) is 38.7 Å². The minimum absolute atomic E-state index is 0.0578. The maximum absolute atomic E-state index is 12.8. The van der Waals surface area contributed by atoms with E-state index in [-0.39, 0.29) is 17.5 Å². The fourth-order valence-electron chi connectivity index (χ4n) is 3.30. The molecular formula is C20H27N3O. The van der Waals surface area contributed by atoms with E-state index < -0.39 is 0 Å². The van der Waals surface area contributed by atoms with E-state index in [0.717, 1.165) is 25.1 Å². The minimum Gasteiger partial charge on any atom is -0.349 e. The third-order valence-electron chi connectivity index (χ3n) is 4.88. The van der Waals surface area contributed by atoms with Gasteiger partial charge in [0, 0.05) is 23.9 Å². The van der Waals surface area contributed by atoms with Gasteiger partial charge in [-0.25, -0.2) is 4.98 Å². The molecule has 2 aromatic rings. The van der Waals surface area contributed by atoms with Crippen LogP contribution in [0.3, 0.4) is 0 Å². The van der Waals surface area contributed by atoms with Crippen molar-refractivity contribution in [2.75, 3.05) is 0 Å². The first kappa shape index (κ1) is 16.7. The molecule has 1 saturated carbocycles. The van der Waals surface area contributed by atoms with Crippen LogP contribution in [0.2, 0.25) is 0 Å². The topological polar surface area (TPSA) is 46.9 Å². The lowest BCUT2D eigenvalue weighted by Gasteiger charge is -2.23. The van der Waals surface area contributed by atoms with Crippen molar-refractivity contribution in [3.8, 4) is 0 Å². The van der Waals surface area contributed by atoms with Crippen LogP contribution in [-0.2, 0) is 11.2 Å². The van der Waals surface area contributed by atoms with Crippen molar-refractivity contribution >= 4 is 5.91 Å². The summed E-state index contributed by atoms with van der Waals surface area (Å²) in [6.45, 7) is 8.26. The molecule has 1 atom stereocenters. The average Bonchev–Trinajstić information content (AvgIpc) is 3.09. The molecule has 0 unspecified atom stereocenters. The van der Waals surface area contributed by atoms with E-state index in [0.29, 0.717) is 5.92 Å². The van der Waals surface area contributed by atoms with Crippen LogP contribution in [0.5, 0.6) is 0 Å². The molecule has 3 rings (SSSR count). The molecule has 1 aliphatic carbocycles. The van der Waals surface area contributed by atoms with E-state index in [1.165, 1.54) is 11.1 Å². The molecule has 0 bridgehead atoms. The van der Waals surface area contributed by atoms with Crippen LogP contribution in [-0.4, -0.2) is 21.0 Å². The van der Waals surface area contributed by atoms with Crippen molar-refractivity contribution in [1.29, 1.82) is 0 Å². The molecule has 4 nitrogen and oxygen atoms in total. The second kappa shape index (κ2) is 6.42. The van der Waals surface area contributed by atoms with Crippen molar-refractivity contribution in [3.05, 3.63) is 53.6 Å². The Morgan fingerprint density at radius 1 is 1.33 bits per heavy atom. The molecule has 128 valence electrons. The molecule has 1 heterocycles. The lowest BCUT2D eigenvalue weighted by atomic mass is 10.0. The normalized spacial score (nSPS) is 16.9. The number of nitrogens with zero attached hydrogens (tertiary/aromatic N) is 2. The van der Waals surface area contributed by atoms with Crippen molar-refractivity contribution in [3.63, 3.8) is 0 Å². The van der Waals surface area contributed by atoms with Crippen LogP contribution in [0.25, 0.3) is 0 Å². The Labute approximate surface area is 144 Å². The lowest BCUT2D eigenvalue weighted by molar-refractivity contribution is -0.124. The number of nitrogens with one attached hydrogen (secondary N) is 1. The summed E-state index contributed by atoms with van der Waals surface area (Å²) in [7, 11) is 0. The number of rotatable bonds is 6. The zero-order valence-corrected chi connectivity index (χ0v) is 15.0. The van der Waals surface area contributed by atoms with Gasteiger partial charge in [0.15, 0.2) is 0 Å². The van der Waals surface area contributed by atoms with Gasteiger partial charge in [-0.2, -0.15) is 0 Å². The summed E-state index contributed by atoms with van der Waals surface area (Å²) < 4.78 is 1.99. The first-order chi connectivity index (χ1) is 11.4. The largest absolute Gasteiger partial charge is 0.349 e. The van der Waals surface area contributed by atoms with Crippen molar-refractivity contribution in [2.24, 2.45) is 0 Å². The summed E-state index contributed by atoms with van der Waals surface area (Å²) in [6.07, 6.45) is 6.70. The highest BCUT2D eigenvalue weighted by atomic mass is 16.2. The predicted octanol–water partition coefficient (Wildman–Crippen LogP) is 3.77. The van der Waals surface area contributed by atoms with Gasteiger partial charge in [-0.3, -0.25) is 4.79 Å². The molecule has 0 spiro atoms. The van der Waals surface area contributed by atoms with Crippen LogP contribution in [0, 0.1) is 6.92 Å². The number of hydrogen-bond acceptors (Lipinski definition) is 2. The standard InChI is InChI=1S/C20H27N3O/c1-14(2)18-21-10-11-23(18)16(4)19(24)22-20(8-9-20)13-17-7-5-6-15(3)12-17/h5-7,10-12,14,16H,8-9,13H2,1-4H3,(H,22,24)/t16-/m1/s1. The molecule has 24 heavy (non-hydrogen) atoms. The van der Waals surface area contributed by atoms with Crippen LogP contribution >= 0.6 is 0 Å². The number of benzene rings is 1. The first-order valence-corrected chi connectivity index (χ1v) is 8.80. The zero-order chi connectivity index (χ0) is 17.3. The van der Waals surface area contributed by atoms with Gasteiger partial charge in [-0.1, -0.05) is 43.7 Å². The maximum Gasteiger partial charge on any atom is 0.243 e. The Bertz CT molecular complexity index is 728. The van der Waals surface area contributed by atoms with Crippen LogP contribution < -0.4 is 5.32 Å². The number of carbonyl (C=O) groups excluding carboxylic acids is 1. The minimum atomic E-state index is -0.236. The van der Waals surface area contributed by atoms with E-state index in [2.05, 4.69) is 55.3 Å². The van der Waals surface area contributed by atoms with Gasteiger partial charge in [-0.15, -0.1) is 0 Å². The Morgan fingerprint density at radius 2 is 2.08 bits per heavy atom. The van der Waals surface area contributed by atoms with Gasteiger partial charge >= 0.3 is 0 Å². The van der Waals surface area contributed by atoms with Gasteiger partial charge < -0.3 is 9.88 Å². The van der Waals surface area contributed by atoms with Crippen LogP contribution in [0.1, 0.15) is 62.5 Å². The number of aromatic nitrogens is 2. The molecule has 1 aliphatic rings. The lowest BCUT2D eigenvalue weighted by Crippen LogP contribution is -2.42. The molecule has 4 heteroatoms. The zero-order valence-electron chi connectivity index (χ0n) is 15.0. The molecule has 1 N–H and O–H groups in total. The molecule has 0 aliphatic heterocycles. The van der Waals surface area contributed by atoms with Crippen LogP contribution in [0.4, 0.5) is 0 Å². The SMILES string of the molecule is Cc1cccc(CC2(NC(=O)[C@@H](C)n3ccnc3C(C)C)CC2)c1. The van der Waals surface area contributed by atoms with Crippen molar-refractivity contribution in [2.45, 2.75) is 64.5 Å². The maximum atomic E-state index is 12.8. The van der Waals surface area contributed by atoms with Crippen molar-refractivity contribution in [1.82, 2.24) is 14.9 Å². The first-order valence-electron chi connectivity index (χ1n) is 8.80. The summed E-state index contributed by atoms with van der Waals surface area (Å²) in [4.78, 5) is 17.2. The van der Waals surface area contributed by atoms with E-state index in [4.69, 9.17) is 0 Å². The average molecular weight is 325 g/mol. The summed E-state index contributed by atoms with van der Waals surface area (Å²) in [6, 6.07) is 8.32. The Hall–Kier alpha value is -2.10. The number of carbonyl (C=O) groups is 1. The van der Waals surface area contributed by atoms with Gasteiger partial charge in [0.05, 0.1) is 0 Å². The number of amides is 1. The monoisotopic (exact) mass is 325 g/mol. The van der Waals surface area contributed by atoms with Gasteiger partial charge in [0.1, 0.15) is 11.9 Å². The highest BCUT2D eigenvalue weighted by Crippen LogP contribution is 2.39. The number of imidazole rings is 1. The highest BCUT2D eigenvalue weighted by Gasteiger charge is 2.44. The summed E-state index contributed by atoms with van der Waals surface area (Å²) in [5, 5.41) is 3.30. The predicted molar refractivity (Wildman–Crippen MR) is 96.0 cm³/mol. The number of aryl methyl sites for hydroxylation is 1. The molecule has 1 fully saturated rings. The second-order valence-corrected chi connectivity index (χ2v) is 7.46. The summed E-state index contributed by atoms with van der Waals surface area (Å²) in [5.74, 6) is 1.35. The fraction of sp³-hybridized carbons (Fsp3) is 0.500. The highest BCUT2D eigenvalue weighted by molar-refractivity contribution is 5.81. The Morgan fingerprint density at radius 3 is 2.71 bits per heavy atom. The third-order valence-corrected chi connectivity index (χ3v) is 4.88. The van der Waals surface area contributed by atoms with E-state index in [1.807, 2.05) is 17.7 Å². The van der Waals surface area contributed by atoms with Crippen LogP contribution in [0.15, 0.2) is 36.7 Å². The molecule has 1 amide bonds. The summed E-state index contributed by atoms with van der Waals surface area (Å²) >= 11 is 0. The fourth-order valence-corrected chi connectivity index (χ4v) is 3.30. The quantitative estimate of drug-likeness (QED) is 0.879. The smallest absolute Gasteiger partial charge is 0.243 e. The van der Waals surface area contributed by atoms with Gasteiger partial charge in [0.2, 0.25) is 5.91 Å². The molecule has 0 radical (unpaired) electrons. The number of hydrogen-bond donors (Lipinski definition) is 1. The van der Waals surface area contributed by atoms with Crippen molar-refractivity contribution < 1.29 is 4.79 Å². The van der Waals surface area contributed by atoms with Gasteiger partial charge in [0.25, 0.3) is 0 Å².